The van der Waals surface area contributed by atoms with Gasteiger partial charge >= 0.3 is 5.97 Å². The second kappa shape index (κ2) is 5.52. The minimum absolute atomic E-state index is 0.195. The van der Waals surface area contributed by atoms with Crippen LogP contribution in [0.3, 0.4) is 0 Å². The predicted molar refractivity (Wildman–Crippen MR) is 68.6 cm³/mol. The van der Waals surface area contributed by atoms with Crippen LogP contribution in [0.2, 0.25) is 0 Å². The van der Waals surface area contributed by atoms with Crippen LogP contribution in [-0.2, 0) is 0 Å². The lowest BCUT2D eigenvalue weighted by Gasteiger charge is -2.12. The van der Waals surface area contributed by atoms with Gasteiger partial charge in [-0.2, -0.15) is 0 Å². The van der Waals surface area contributed by atoms with Crippen LogP contribution in [0.5, 0.6) is 17.2 Å². The summed E-state index contributed by atoms with van der Waals surface area (Å²) >= 11 is 0. The number of aromatic nitrogens is 1. The van der Waals surface area contributed by atoms with E-state index < -0.39 is 5.97 Å². The first-order chi connectivity index (χ1) is 9.60. The molecule has 0 fully saturated rings. The number of methoxy groups -OCH3 is 3. The first-order valence-corrected chi connectivity index (χ1v) is 5.61. The monoisotopic (exact) mass is 279 g/mol. The van der Waals surface area contributed by atoms with Crippen molar-refractivity contribution in [1.82, 2.24) is 5.16 Å². The van der Waals surface area contributed by atoms with Crippen LogP contribution in [0.1, 0.15) is 10.5 Å². The third kappa shape index (κ3) is 2.37. The zero-order valence-corrected chi connectivity index (χ0v) is 11.2. The number of carboxylic acids is 1. The van der Waals surface area contributed by atoms with Crippen molar-refractivity contribution in [1.29, 1.82) is 0 Å². The highest BCUT2D eigenvalue weighted by Crippen LogP contribution is 2.41. The maximum Gasteiger partial charge on any atom is 0.358 e. The molecule has 0 radical (unpaired) electrons. The molecule has 1 aromatic carbocycles. The summed E-state index contributed by atoms with van der Waals surface area (Å²) in [6, 6.07) is 4.58. The van der Waals surface area contributed by atoms with Crippen LogP contribution in [0, 0.1) is 0 Å². The lowest BCUT2D eigenvalue weighted by Crippen LogP contribution is -1.95. The highest BCUT2D eigenvalue weighted by atomic mass is 16.5. The smallest absolute Gasteiger partial charge is 0.358 e. The van der Waals surface area contributed by atoms with Gasteiger partial charge in [-0.15, -0.1) is 0 Å². The SMILES string of the molecule is COc1cc(OC)c(-c2cc(C(=O)O)no2)c(OC)c1. The molecule has 0 saturated heterocycles. The Bertz CT molecular complexity index is 609. The molecule has 0 bridgehead atoms. The van der Waals surface area contributed by atoms with E-state index in [4.69, 9.17) is 23.8 Å². The fourth-order valence-electron chi connectivity index (χ4n) is 1.74. The fraction of sp³-hybridized carbons (Fsp3) is 0.231. The van der Waals surface area contributed by atoms with Crippen LogP contribution < -0.4 is 14.2 Å². The largest absolute Gasteiger partial charge is 0.496 e. The Hall–Kier alpha value is -2.70. The summed E-state index contributed by atoms with van der Waals surface area (Å²) in [5, 5.41) is 12.3. The van der Waals surface area contributed by atoms with Gasteiger partial charge < -0.3 is 23.8 Å². The number of rotatable bonds is 5. The highest BCUT2D eigenvalue weighted by Gasteiger charge is 2.21. The molecule has 20 heavy (non-hydrogen) atoms. The highest BCUT2D eigenvalue weighted by molar-refractivity contribution is 5.87. The molecular weight excluding hydrogens is 266 g/mol. The summed E-state index contributed by atoms with van der Waals surface area (Å²) in [5.41, 5.74) is 0.274. The molecule has 0 aliphatic carbocycles. The molecule has 0 unspecified atom stereocenters. The van der Waals surface area contributed by atoms with Crippen molar-refractivity contribution in [3.63, 3.8) is 0 Å². The zero-order chi connectivity index (χ0) is 14.7. The van der Waals surface area contributed by atoms with E-state index in [1.54, 1.807) is 12.1 Å². The molecular formula is C13H13NO6. The van der Waals surface area contributed by atoms with Gasteiger partial charge in [0.2, 0.25) is 0 Å². The van der Waals surface area contributed by atoms with Crippen LogP contribution >= 0.6 is 0 Å². The minimum atomic E-state index is -1.17. The summed E-state index contributed by atoms with van der Waals surface area (Å²) in [4.78, 5) is 10.8. The van der Waals surface area contributed by atoms with E-state index in [1.807, 2.05) is 0 Å². The Morgan fingerprint density at radius 1 is 1.10 bits per heavy atom. The third-order valence-electron chi connectivity index (χ3n) is 2.69. The summed E-state index contributed by atoms with van der Waals surface area (Å²) in [6.45, 7) is 0. The van der Waals surface area contributed by atoms with Crippen molar-refractivity contribution in [2.24, 2.45) is 0 Å². The van der Waals surface area contributed by atoms with Crippen LogP contribution in [-0.4, -0.2) is 37.6 Å². The van der Waals surface area contributed by atoms with E-state index >= 15 is 0 Å². The molecule has 2 aromatic rings. The number of ether oxygens (including phenoxy) is 3. The number of nitrogens with zero attached hydrogens (tertiary/aromatic N) is 1. The Morgan fingerprint density at radius 2 is 1.70 bits per heavy atom. The third-order valence-corrected chi connectivity index (χ3v) is 2.69. The summed E-state index contributed by atoms with van der Waals surface area (Å²) < 4.78 is 20.7. The van der Waals surface area contributed by atoms with Crippen LogP contribution in [0.25, 0.3) is 11.3 Å². The molecule has 1 aromatic heterocycles. The number of benzene rings is 1. The van der Waals surface area contributed by atoms with E-state index in [0.29, 0.717) is 22.8 Å². The number of hydrogen-bond donors (Lipinski definition) is 1. The van der Waals surface area contributed by atoms with Gasteiger partial charge in [-0.05, 0) is 0 Å². The molecule has 7 heteroatoms. The Kier molecular flexibility index (Phi) is 3.79. The van der Waals surface area contributed by atoms with E-state index in [0.717, 1.165) is 0 Å². The van der Waals surface area contributed by atoms with E-state index in [1.165, 1.54) is 27.4 Å². The Morgan fingerprint density at radius 3 is 2.10 bits per heavy atom. The number of carbonyl (C=O) groups is 1. The molecule has 7 nitrogen and oxygen atoms in total. The van der Waals surface area contributed by atoms with Crippen LogP contribution in [0.4, 0.5) is 0 Å². The first kappa shape index (κ1) is 13.7. The quantitative estimate of drug-likeness (QED) is 0.895. The molecule has 0 atom stereocenters. The lowest BCUT2D eigenvalue weighted by atomic mass is 10.1. The molecule has 106 valence electrons. The van der Waals surface area contributed by atoms with Gasteiger partial charge in [-0.3, -0.25) is 0 Å². The standard InChI is InChI=1S/C13H13NO6/c1-17-7-4-9(18-2)12(10(5-7)19-3)11-6-8(13(15)16)14-20-11/h4-6H,1-3H3,(H,15,16). The summed E-state index contributed by atoms with van der Waals surface area (Å²) in [5.74, 6) is 0.453. The van der Waals surface area contributed by atoms with Crippen molar-refractivity contribution >= 4 is 5.97 Å². The Balaban J connectivity index is 2.61. The van der Waals surface area contributed by atoms with Crippen molar-refractivity contribution in [2.45, 2.75) is 0 Å². The maximum atomic E-state index is 10.8. The maximum absolute atomic E-state index is 10.8. The number of hydrogen-bond acceptors (Lipinski definition) is 6. The molecule has 0 amide bonds. The van der Waals surface area contributed by atoms with Gasteiger partial charge in [0.25, 0.3) is 0 Å². The number of carboxylic acid groups (broad SMARTS) is 1. The first-order valence-electron chi connectivity index (χ1n) is 5.61. The molecule has 0 aliphatic heterocycles. The van der Waals surface area contributed by atoms with Crippen molar-refractivity contribution < 1.29 is 28.6 Å². The van der Waals surface area contributed by atoms with Gasteiger partial charge in [0.1, 0.15) is 22.8 Å². The molecule has 2 rings (SSSR count). The van der Waals surface area contributed by atoms with Gasteiger partial charge in [0.15, 0.2) is 11.5 Å². The molecule has 1 heterocycles. The lowest BCUT2D eigenvalue weighted by molar-refractivity contribution is 0.0686. The topological polar surface area (TPSA) is 91.0 Å². The molecule has 0 aliphatic rings. The second-order valence-electron chi connectivity index (χ2n) is 3.79. The van der Waals surface area contributed by atoms with Gasteiger partial charge in [0, 0.05) is 18.2 Å². The average molecular weight is 279 g/mol. The summed E-state index contributed by atoms with van der Waals surface area (Å²) in [6.07, 6.45) is 0. The Labute approximate surface area is 114 Å². The van der Waals surface area contributed by atoms with Gasteiger partial charge in [-0.1, -0.05) is 5.16 Å². The molecule has 1 N–H and O–H groups in total. The van der Waals surface area contributed by atoms with Crippen LogP contribution in [0.15, 0.2) is 22.7 Å². The second-order valence-corrected chi connectivity index (χ2v) is 3.79. The van der Waals surface area contributed by atoms with E-state index in [-0.39, 0.29) is 11.5 Å². The molecule has 0 saturated carbocycles. The van der Waals surface area contributed by atoms with Gasteiger partial charge in [-0.25, -0.2) is 4.79 Å². The predicted octanol–water partition coefficient (Wildman–Crippen LogP) is 2.07. The fourth-order valence-corrected chi connectivity index (χ4v) is 1.74. The normalized spacial score (nSPS) is 10.2. The minimum Gasteiger partial charge on any atom is -0.496 e. The van der Waals surface area contributed by atoms with E-state index in [2.05, 4.69) is 5.16 Å². The molecule has 0 spiro atoms. The van der Waals surface area contributed by atoms with Crippen molar-refractivity contribution in [3.8, 4) is 28.6 Å². The average Bonchev–Trinajstić information content (AvgIpc) is 2.95. The summed E-state index contributed by atoms with van der Waals surface area (Å²) in [7, 11) is 4.48. The van der Waals surface area contributed by atoms with Gasteiger partial charge in [0.05, 0.1) is 21.3 Å². The zero-order valence-electron chi connectivity index (χ0n) is 11.2. The van der Waals surface area contributed by atoms with E-state index in [9.17, 15) is 4.79 Å². The number of aromatic carboxylic acids is 1. The van der Waals surface area contributed by atoms with Crippen molar-refractivity contribution in [2.75, 3.05) is 21.3 Å². The van der Waals surface area contributed by atoms with Crippen molar-refractivity contribution in [3.05, 3.63) is 23.9 Å².